The molecule has 160 valence electrons. The maximum atomic E-state index is 13.2. The van der Waals surface area contributed by atoms with E-state index in [9.17, 15) is 19.7 Å². The molecule has 8 nitrogen and oxygen atoms in total. The topological polar surface area (TPSA) is 113 Å². The number of hydrogen-bond donors (Lipinski definition) is 3. The molecule has 9 heteroatoms. The first-order chi connectivity index (χ1) is 14.4. The second-order valence-corrected chi connectivity index (χ2v) is 9.60. The number of nitrogens with zero attached hydrogens (tertiary/aromatic N) is 1. The van der Waals surface area contributed by atoms with E-state index in [2.05, 4.69) is 29.8 Å². The van der Waals surface area contributed by atoms with E-state index >= 15 is 0 Å². The predicted molar refractivity (Wildman–Crippen MR) is 115 cm³/mol. The summed E-state index contributed by atoms with van der Waals surface area (Å²) in [6, 6.07) is 6.22. The van der Waals surface area contributed by atoms with Gasteiger partial charge in [-0.1, -0.05) is 26.0 Å². The maximum Gasteiger partial charge on any atom is 0.269 e. The lowest BCUT2D eigenvalue weighted by atomic mass is 9.70. The molecule has 30 heavy (non-hydrogen) atoms. The molecule has 1 aromatic carbocycles. The number of ketones is 1. The maximum absolute atomic E-state index is 13.2. The van der Waals surface area contributed by atoms with Gasteiger partial charge in [-0.3, -0.25) is 25.0 Å². The van der Waals surface area contributed by atoms with Crippen LogP contribution in [0.1, 0.15) is 51.0 Å². The van der Waals surface area contributed by atoms with Gasteiger partial charge >= 0.3 is 0 Å². The van der Waals surface area contributed by atoms with Crippen LogP contribution in [0.2, 0.25) is 0 Å². The number of amides is 1. The molecule has 1 aliphatic carbocycles. The lowest BCUT2D eigenvalue weighted by Crippen LogP contribution is -2.68. The van der Waals surface area contributed by atoms with Gasteiger partial charge < -0.3 is 10.6 Å². The van der Waals surface area contributed by atoms with Gasteiger partial charge in [0.1, 0.15) is 5.50 Å². The smallest absolute Gasteiger partial charge is 0.269 e. The van der Waals surface area contributed by atoms with Crippen molar-refractivity contribution in [1.29, 1.82) is 0 Å². The van der Waals surface area contributed by atoms with Crippen LogP contribution in [-0.2, 0) is 9.59 Å². The minimum absolute atomic E-state index is 0.00959. The second-order valence-electron chi connectivity index (χ2n) is 8.05. The number of rotatable bonds is 5. The molecule has 3 aliphatic rings. The van der Waals surface area contributed by atoms with E-state index < -0.39 is 16.8 Å². The Hall–Kier alpha value is -2.39. The molecule has 0 saturated carbocycles. The normalized spacial score (nSPS) is 29.4. The van der Waals surface area contributed by atoms with E-state index in [4.69, 9.17) is 0 Å². The molecule has 1 amide bonds. The van der Waals surface area contributed by atoms with Crippen LogP contribution in [0.4, 0.5) is 5.69 Å². The molecule has 0 radical (unpaired) electrons. The second kappa shape index (κ2) is 8.39. The molecule has 2 aliphatic heterocycles. The number of nitro benzene ring substituents is 1. The summed E-state index contributed by atoms with van der Waals surface area (Å²) in [7, 11) is 0. The van der Waals surface area contributed by atoms with Crippen LogP contribution < -0.4 is 16.0 Å². The summed E-state index contributed by atoms with van der Waals surface area (Å²) in [5.74, 6) is -1.00. The van der Waals surface area contributed by atoms with Crippen molar-refractivity contribution in [2.75, 3.05) is 0 Å². The molecule has 0 aromatic heterocycles. The molecule has 3 N–H and O–H groups in total. The molecule has 2 heterocycles. The van der Waals surface area contributed by atoms with E-state index in [-0.39, 0.29) is 29.0 Å². The Morgan fingerprint density at radius 1 is 1.20 bits per heavy atom. The molecule has 1 saturated heterocycles. The van der Waals surface area contributed by atoms with Crippen LogP contribution in [0.15, 0.2) is 35.5 Å². The Bertz CT molecular complexity index is 901. The Morgan fingerprint density at radius 2 is 1.93 bits per heavy atom. The highest BCUT2D eigenvalue weighted by molar-refractivity contribution is 8.00. The number of nitro groups is 1. The summed E-state index contributed by atoms with van der Waals surface area (Å²) >= 11 is 1.67. The quantitative estimate of drug-likeness (QED) is 0.486. The van der Waals surface area contributed by atoms with Gasteiger partial charge in [0.2, 0.25) is 5.91 Å². The molecule has 0 spiro atoms. The third-order valence-electron chi connectivity index (χ3n) is 6.13. The minimum atomic E-state index is -0.513. The lowest BCUT2D eigenvalue weighted by Gasteiger charge is -2.47. The molecule has 0 bridgehead atoms. The molecule has 1 fully saturated rings. The lowest BCUT2D eigenvalue weighted by molar-refractivity contribution is -0.384. The summed E-state index contributed by atoms with van der Waals surface area (Å²) in [5.41, 5.74) is 2.08. The van der Waals surface area contributed by atoms with Gasteiger partial charge in [0, 0.05) is 41.0 Å². The van der Waals surface area contributed by atoms with Crippen molar-refractivity contribution in [3.8, 4) is 0 Å². The van der Waals surface area contributed by atoms with Crippen LogP contribution in [-0.4, -0.2) is 33.5 Å². The van der Waals surface area contributed by atoms with Gasteiger partial charge in [-0.25, -0.2) is 0 Å². The Balaban J connectivity index is 1.71. The van der Waals surface area contributed by atoms with Crippen molar-refractivity contribution in [1.82, 2.24) is 16.0 Å². The number of benzene rings is 1. The highest BCUT2D eigenvalue weighted by Gasteiger charge is 2.49. The zero-order chi connectivity index (χ0) is 21.4. The Labute approximate surface area is 179 Å². The minimum Gasteiger partial charge on any atom is -0.372 e. The van der Waals surface area contributed by atoms with Crippen molar-refractivity contribution in [3.05, 3.63) is 51.2 Å². The highest BCUT2D eigenvalue weighted by atomic mass is 32.2. The predicted octanol–water partition coefficient (Wildman–Crippen LogP) is 2.77. The average Bonchev–Trinajstić information content (AvgIpc) is 2.72. The monoisotopic (exact) mass is 430 g/mol. The van der Waals surface area contributed by atoms with Crippen molar-refractivity contribution >= 4 is 29.1 Å². The fourth-order valence-corrected chi connectivity index (χ4v) is 5.55. The summed E-state index contributed by atoms with van der Waals surface area (Å²) < 4.78 is 0. The summed E-state index contributed by atoms with van der Waals surface area (Å²) in [6.45, 7) is 4.23. The van der Waals surface area contributed by atoms with Gasteiger partial charge in [0.15, 0.2) is 5.78 Å². The van der Waals surface area contributed by atoms with Crippen LogP contribution in [0.3, 0.4) is 0 Å². The first kappa shape index (κ1) is 20.9. The number of carbonyl (C=O) groups is 2. The first-order valence-corrected chi connectivity index (χ1v) is 11.3. The number of carbonyl (C=O) groups excluding carboxylic acids is 2. The van der Waals surface area contributed by atoms with E-state index in [1.165, 1.54) is 12.1 Å². The van der Waals surface area contributed by atoms with Crippen molar-refractivity contribution in [2.24, 2.45) is 5.92 Å². The standard InChI is InChI=1S/C21H26N4O4S/c1-3-11(2)30-21-23-19-18(20(27)24-21)16(12-7-9-13(10-8-12)25(28)29)17-14(22-19)5-4-6-15(17)26/h7-11,16,18-19,21-23H,3-6H2,1-2H3,(H,24,27). The zero-order valence-corrected chi connectivity index (χ0v) is 17.8. The van der Waals surface area contributed by atoms with Crippen molar-refractivity contribution in [2.45, 2.75) is 62.4 Å². The van der Waals surface area contributed by atoms with Crippen LogP contribution in [0.5, 0.6) is 0 Å². The molecule has 4 rings (SSSR count). The van der Waals surface area contributed by atoms with E-state index in [0.29, 0.717) is 17.2 Å². The van der Waals surface area contributed by atoms with E-state index in [0.717, 1.165) is 30.5 Å². The fraction of sp³-hybridized carbons (Fsp3) is 0.524. The van der Waals surface area contributed by atoms with Crippen LogP contribution in [0.25, 0.3) is 0 Å². The average molecular weight is 431 g/mol. The van der Waals surface area contributed by atoms with Crippen LogP contribution in [0, 0.1) is 16.0 Å². The number of thioether (sulfide) groups is 1. The number of nitrogens with one attached hydrogen (secondary N) is 3. The third-order valence-corrected chi connectivity index (χ3v) is 7.45. The number of fused-ring (bicyclic) bond motifs is 1. The number of allylic oxidation sites excluding steroid dienone is 2. The Kier molecular flexibility index (Phi) is 5.84. The molecular formula is C21H26N4O4S. The molecule has 5 atom stereocenters. The Morgan fingerprint density at radius 3 is 2.60 bits per heavy atom. The van der Waals surface area contributed by atoms with Gasteiger partial charge in [-0.05, 0) is 24.8 Å². The first-order valence-electron chi connectivity index (χ1n) is 10.4. The van der Waals surface area contributed by atoms with Crippen molar-refractivity contribution < 1.29 is 14.5 Å². The van der Waals surface area contributed by atoms with Crippen LogP contribution >= 0.6 is 11.8 Å². The summed E-state index contributed by atoms with van der Waals surface area (Å²) in [5, 5.41) is 21.4. The SMILES string of the molecule is CCC(C)SC1NC(=O)C2C(NC3=C(C(=O)CCC3)C2c2ccc([N+](=O)[O-])cc2)N1. The number of Topliss-reactive ketones (excluding diaryl/α,β-unsaturated/α-hetero) is 1. The molecule has 5 unspecified atom stereocenters. The third kappa shape index (κ3) is 3.83. The number of non-ortho nitro benzene ring substituents is 1. The summed E-state index contributed by atoms with van der Waals surface area (Å²) in [4.78, 5) is 36.7. The number of hydrogen-bond acceptors (Lipinski definition) is 7. The van der Waals surface area contributed by atoms with Gasteiger partial charge in [-0.15, -0.1) is 11.8 Å². The molecular weight excluding hydrogens is 404 g/mol. The van der Waals surface area contributed by atoms with E-state index in [1.54, 1.807) is 23.9 Å². The highest BCUT2D eigenvalue weighted by Crippen LogP contribution is 2.44. The fourth-order valence-electron chi connectivity index (χ4n) is 4.48. The zero-order valence-electron chi connectivity index (χ0n) is 17.0. The van der Waals surface area contributed by atoms with Crippen molar-refractivity contribution in [3.63, 3.8) is 0 Å². The molecule has 1 aromatic rings. The largest absolute Gasteiger partial charge is 0.372 e. The van der Waals surface area contributed by atoms with Gasteiger partial charge in [-0.2, -0.15) is 0 Å². The summed E-state index contributed by atoms with van der Waals surface area (Å²) in [6.07, 6.45) is 2.70. The van der Waals surface area contributed by atoms with Gasteiger partial charge in [0.05, 0.1) is 17.0 Å². The van der Waals surface area contributed by atoms with Gasteiger partial charge in [0.25, 0.3) is 5.69 Å². The van der Waals surface area contributed by atoms with E-state index in [1.807, 2.05) is 0 Å².